The maximum Gasteiger partial charge on any atom is 0.226 e. The van der Waals surface area contributed by atoms with E-state index < -0.39 is 0 Å². The Kier molecular flexibility index (Phi) is 6.09. The van der Waals surface area contributed by atoms with Crippen LogP contribution in [0.25, 0.3) is 5.69 Å². The molecular weight excluding hydrogens is 326 g/mol. The minimum Gasteiger partial charge on any atom is -0.313 e. The van der Waals surface area contributed by atoms with E-state index in [1.807, 2.05) is 72.5 Å². The third kappa shape index (κ3) is 4.33. The zero-order valence-corrected chi connectivity index (χ0v) is 15.0. The van der Waals surface area contributed by atoms with Gasteiger partial charge in [0.25, 0.3) is 0 Å². The number of hydrogen-bond donors (Lipinski definition) is 0. The van der Waals surface area contributed by atoms with Gasteiger partial charge in [-0.2, -0.15) is 4.68 Å². The molecule has 26 heavy (non-hydrogen) atoms. The number of unbranched alkanes of at least 4 members (excludes halogenated alkanes) is 1. The maximum atomic E-state index is 12.5. The normalized spacial score (nSPS) is 10.7. The van der Waals surface area contributed by atoms with Crippen molar-refractivity contribution in [3.63, 3.8) is 0 Å². The summed E-state index contributed by atoms with van der Waals surface area (Å²) in [6, 6.07) is 19.6. The van der Waals surface area contributed by atoms with Gasteiger partial charge >= 0.3 is 0 Å². The van der Waals surface area contributed by atoms with Crippen LogP contribution in [0, 0.1) is 0 Å². The molecule has 0 radical (unpaired) electrons. The fraction of sp³-hybridized carbons (Fsp3) is 0.300. The van der Waals surface area contributed by atoms with Crippen molar-refractivity contribution in [2.24, 2.45) is 0 Å². The number of carbonyl (C=O) groups is 1. The Morgan fingerprint density at radius 1 is 1.00 bits per heavy atom. The van der Waals surface area contributed by atoms with E-state index in [2.05, 4.69) is 15.5 Å². The summed E-state index contributed by atoms with van der Waals surface area (Å²) < 4.78 is 1.75. The lowest BCUT2D eigenvalue weighted by Crippen LogP contribution is -2.30. The molecule has 6 nitrogen and oxygen atoms in total. The van der Waals surface area contributed by atoms with Gasteiger partial charge in [0.2, 0.25) is 5.91 Å². The summed E-state index contributed by atoms with van der Waals surface area (Å²) in [5.74, 6) is 0.973. The molecule has 0 aliphatic heterocycles. The fourth-order valence-electron chi connectivity index (χ4n) is 2.94. The van der Waals surface area contributed by atoms with Crippen molar-refractivity contribution in [3.8, 4) is 5.69 Å². The predicted molar refractivity (Wildman–Crippen MR) is 101 cm³/mol. The first kappa shape index (κ1) is 17.8. The van der Waals surface area contributed by atoms with Crippen LogP contribution in [0.1, 0.15) is 32.0 Å². The highest BCUT2D eigenvalue weighted by Crippen LogP contribution is 2.16. The van der Waals surface area contributed by atoms with Crippen molar-refractivity contribution < 1.29 is 4.79 Å². The first-order valence-electron chi connectivity index (χ1n) is 8.97. The van der Waals surface area contributed by atoms with Crippen LogP contribution in [0.2, 0.25) is 0 Å². The van der Waals surface area contributed by atoms with Crippen molar-refractivity contribution >= 4 is 11.6 Å². The Morgan fingerprint density at radius 2 is 1.69 bits per heavy atom. The highest BCUT2D eigenvalue weighted by atomic mass is 16.2. The molecule has 3 rings (SSSR count). The second kappa shape index (κ2) is 8.89. The Balaban J connectivity index is 1.52. The average Bonchev–Trinajstić information content (AvgIpc) is 3.16. The van der Waals surface area contributed by atoms with Crippen molar-refractivity contribution in [2.45, 2.75) is 32.6 Å². The molecule has 3 aromatic rings. The highest BCUT2D eigenvalue weighted by Gasteiger charge is 2.13. The number of hydrogen-bond acceptors (Lipinski definition) is 4. The second-order valence-electron chi connectivity index (χ2n) is 6.02. The van der Waals surface area contributed by atoms with Gasteiger partial charge in [-0.3, -0.25) is 4.79 Å². The number of para-hydroxylation sites is 2. The molecule has 0 spiro atoms. The van der Waals surface area contributed by atoms with Crippen molar-refractivity contribution in [1.29, 1.82) is 0 Å². The number of aryl methyl sites for hydroxylation is 1. The standard InChI is InChI=1S/C20H23N5O/c1-2-24(17-11-5-3-6-12-17)20(26)16-10-9-15-19-21-22-23-25(19)18-13-7-4-8-14-18/h3-8,11-14H,2,9-10,15-16H2,1H3. The summed E-state index contributed by atoms with van der Waals surface area (Å²) in [6.45, 7) is 2.67. The molecule has 0 atom stereocenters. The van der Waals surface area contributed by atoms with Crippen LogP contribution in [0.3, 0.4) is 0 Å². The van der Waals surface area contributed by atoms with E-state index in [1.54, 1.807) is 4.68 Å². The molecule has 0 aliphatic rings. The molecular formula is C20H23N5O. The molecule has 0 bridgehead atoms. The topological polar surface area (TPSA) is 63.9 Å². The monoisotopic (exact) mass is 349 g/mol. The molecule has 0 saturated heterocycles. The smallest absolute Gasteiger partial charge is 0.226 e. The Hall–Kier alpha value is -3.02. The van der Waals surface area contributed by atoms with Crippen LogP contribution >= 0.6 is 0 Å². The van der Waals surface area contributed by atoms with Gasteiger partial charge in [0.1, 0.15) is 0 Å². The van der Waals surface area contributed by atoms with Crippen LogP contribution in [0.4, 0.5) is 5.69 Å². The number of benzene rings is 2. The molecule has 1 amide bonds. The lowest BCUT2D eigenvalue weighted by Gasteiger charge is -2.21. The molecule has 0 aliphatic carbocycles. The molecule has 0 N–H and O–H groups in total. The van der Waals surface area contributed by atoms with Gasteiger partial charge in [-0.05, 0) is 54.5 Å². The first-order chi connectivity index (χ1) is 12.8. The summed E-state index contributed by atoms with van der Waals surface area (Å²) in [6.07, 6.45) is 2.94. The molecule has 0 saturated carbocycles. The molecule has 134 valence electrons. The van der Waals surface area contributed by atoms with Crippen LogP contribution in [0.5, 0.6) is 0 Å². The van der Waals surface area contributed by atoms with E-state index in [0.29, 0.717) is 13.0 Å². The lowest BCUT2D eigenvalue weighted by molar-refractivity contribution is -0.118. The van der Waals surface area contributed by atoms with Crippen LogP contribution in [0.15, 0.2) is 60.7 Å². The summed E-state index contributed by atoms with van der Waals surface area (Å²) in [4.78, 5) is 14.3. The minimum atomic E-state index is 0.154. The van der Waals surface area contributed by atoms with Gasteiger partial charge in [0, 0.05) is 25.1 Å². The first-order valence-corrected chi connectivity index (χ1v) is 8.97. The molecule has 2 aromatic carbocycles. The van der Waals surface area contributed by atoms with Crippen molar-refractivity contribution in [1.82, 2.24) is 20.2 Å². The van der Waals surface area contributed by atoms with Gasteiger partial charge in [0.15, 0.2) is 5.82 Å². The van der Waals surface area contributed by atoms with Gasteiger partial charge in [-0.15, -0.1) is 5.10 Å². The molecule has 1 aromatic heterocycles. The van der Waals surface area contributed by atoms with Gasteiger partial charge in [0.05, 0.1) is 5.69 Å². The number of anilines is 1. The van der Waals surface area contributed by atoms with Crippen LogP contribution in [-0.4, -0.2) is 32.7 Å². The van der Waals surface area contributed by atoms with Crippen LogP contribution in [-0.2, 0) is 11.2 Å². The SMILES string of the molecule is CCN(C(=O)CCCCc1nnnn1-c1ccccc1)c1ccccc1. The van der Waals surface area contributed by atoms with Crippen molar-refractivity contribution in [2.75, 3.05) is 11.4 Å². The van der Waals surface area contributed by atoms with E-state index in [0.717, 1.165) is 36.5 Å². The predicted octanol–water partition coefficient (Wildman–Crippen LogP) is 3.43. The van der Waals surface area contributed by atoms with Gasteiger partial charge < -0.3 is 4.90 Å². The van der Waals surface area contributed by atoms with E-state index in [4.69, 9.17) is 0 Å². The van der Waals surface area contributed by atoms with E-state index >= 15 is 0 Å². The summed E-state index contributed by atoms with van der Waals surface area (Å²) >= 11 is 0. The maximum absolute atomic E-state index is 12.5. The van der Waals surface area contributed by atoms with Crippen LogP contribution < -0.4 is 4.90 Å². The Morgan fingerprint density at radius 3 is 2.38 bits per heavy atom. The number of tetrazole rings is 1. The largest absolute Gasteiger partial charge is 0.313 e. The summed E-state index contributed by atoms with van der Waals surface area (Å²) in [5.41, 5.74) is 1.90. The number of rotatable bonds is 8. The second-order valence-corrected chi connectivity index (χ2v) is 6.02. The summed E-state index contributed by atoms with van der Waals surface area (Å²) in [7, 11) is 0. The average molecular weight is 349 g/mol. The Labute approximate surface area is 153 Å². The van der Waals surface area contributed by atoms with Gasteiger partial charge in [-0.25, -0.2) is 0 Å². The van der Waals surface area contributed by atoms with Crippen molar-refractivity contribution in [3.05, 3.63) is 66.5 Å². The zero-order chi connectivity index (χ0) is 18.2. The molecule has 0 fully saturated rings. The van der Waals surface area contributed by atoms with E-state index in [1.165, 1.54) is 0 Å². The fourth-order valence-corrected chi connectivity index (χ4v) is 2.94. The third-order valence-electron chi connectivity index (χ3n) is 4.26. The highest BCUT2D eigenvalue weighted by molar-refractivity contribution is 5.93. The molecule has 0 unspecified atom stereocenters. The Bertz CT molecular complexity index is 816. The number of amides is 1. The van der Waals surface area contributed by atoms with E-state index in [9.17, 15) is 4.79 Å². The summed E-state index contributed by atoms with van der Waals surface area (Å²) in [5, 5.41) is 12.0. The molecule has 6 heteroatoms. The third-order valence-corrected chi connectivity index (χ3v) is 4.26. The quantitative estimate of drug-likeness (QED) is 0.585. The lowest BCUT2D eigenvalue weighted by atomic mass is 10.1. The number of aromatic nitrogens is 4. The molecule has 1 heterocycles. The van der Waals surface area contributed by atoms with Gasteiger partial charge in [-0.1, -0.05) is 36.4 Å². The number of carbonyl (C=O) groups excluding carboxylic acids is 1. The zero-order valence-electron chi connectivity index (χ0n) is 15.0. The van der Waals surface area contributed by atoms with E-state index in [-0.39, 0.29) is 5.91 Å². The minimum absolute atomic E-state index is 0.154. The number of nitrogens with zero attached hydrogens (tertiary/aromatic N) is 5.